The molecular weight excluding hydrogens is 316 g/mol. The molecule has 1 aromatic heterocycles. The van der Waals surface area contributed by atoms with E-state index in [0.717, 1.165) is 5.39 Å². The van der Waals surface area contributed by atoms with Crippen LogP contribution in [0.25, 0.3) is 10.9 Å². The first kappa shape index (κ1) is 15.7. The molecule has 1 aliphatic rings. The monoisotopic (exact) mass is 332 g/mol. The lowest BCUT2D eigenvalue weighted by molar-refractivity contribution is -0.138. The SMILES string of the molecule is O=C(O)CC1CCN(C(=O)c2cc(Cl)cc3cccnc23)CC1. The Labute approximate surface area is 138 Å². The van der Waals surface area contributed by atoms with Crippen molar-refractivity contribution in [2.75, 3.05) is 13.1 Å². The predicted octanol–water partition coefficient (Wildman–Crippen LogP) is 3.22. The number of nitrogens with zero attached hydrogens (tertiary/aromatic N) is 2. The standard InChI is InChI=1S/C17H17ClN2O3/c18-13-9-12-2-1-5-19-16(12)14(10-13)17(23)20-6-3-11(4-7-20)8-15(21)22/h1-2,5,9-11H,3-4,6-8H2,(H,21,22). The van der Waals surface area contributed by atoms with Gasteiger partial charge in [-0.2, -0.15) is 0 Å². The number of hydrogen-bond donors (Lipinski definition) is 1. The smallest absolute Gasteiger partial charge is 0.303 e. The van der Waals surface area contributed by atoms with E-state index in [4.69, 9.17) is 16.7 Å². The number of aromatic nitrogens is 1. The zero-order valence-corrected chi connectivity index (χ0v) is 13.3. The van der Waals surface area contributed by atoms with Crippen molar-refractivity contribution < 1.29 is 14.7 Å². The number of hydrogen-bond acceptors (Lipinski definition) is 3. The maximum atomic E-state index is 12.8. The number of carboxylic acid groups (broad SMARTS) is 1. The van der Waals surface area contributed by atoms with E-state index in [0.29, 0.717) is 42.0 Å². The molecule has 0 spiro atoms. The first-order valence-electron chi connectivity index (χ1n) is 7.60. The van der Waals surface area contributed by atoms with Crippen LogP contribution in [0.2, 0.25) is 5.02 Å². The lowest BCUT2D eigenvalue weighted by Crippen LogP contribution is -2.39. The van der Waals surface area contributed by atoms with E-state index >= 15 is 0 Å². The van der Waals surface area contributed by atoms with Crippen molar-refractivity contribution in [1.82, 2.24) is 9.88 Å². The second-order valence-corrected chi connectivity index (χ2v) is 6.30. The highest BCUT2D eigenvalue weighted by atomic mass is 35.5. The maximum Gasteiger partial charge on any atom is 0.303 e. The van der Waals surface area contributed by atoms with Crippen molar-refractivity contribution in [3.63, 3.8) is 0 Å². The Morgan fingerprint density at radius 2 is 2.04 bits per heavy atom. The second-order valence-electron chi connectivity index (χ2n) is 5.86. The third-order valence-corrected chi connectivity index (χ3v) is 4.48. The third kappa shape index (κ3) is 3.45. The summed E-state index contributed by atoms with van der Waals surface area (Å²) in [7, 11) is 0. The molecule has 2 aromatic rings. The summed E-state index contributed by atoms with van der Waals surface area (Å²) in [5.41, 5.74) is 1.15. The van der Waals surface area contributed by atoms with Crippen LogP contribution < -0.4 is 0 Å². The molecule has 1 amide bonds. The van der Waals surface area contributed by atoms with E-state index in [1.54, 1.807) is 23.2 Å². The molecule has 1 fully saturated rings. The number of carbonyl (C=O) groups is 2. The molecule has 1 aliphatic heterocycles. The van der Waals surface area contributed by atoms with Crippen LogP contribution in [-0.2, 0) is 4.79 Å². The Hall–Kier alpha value is -2.14. The minimum atomic E-state index is -0.778. The average molecular weight is 333 g/mol. The molecule has 0 aliphatic carbocycles. The van der Waals surface area contributed by atoms with Crippen molar-refractivity contribution in [1.29, 1.82) is 0 Å². The van der Waals surface area contributed by atoms with Gasteiger partial charge in [0.2, 0.25) is 0 Å². The Morgan fingerprint density at radius 3 is 2.74 bits per heavy atom. The molecule has 5 nitrogen and oxygen atoms in total. The molecule has 3 rings (SSSR count). The first-order chi connectivity index (χ1) is 11.0. The van der Waals surface area contributed by atoms with Gasteiger partial charge in [-0.25, -0.2) is 0 Å². The van der Waals surface area contributed by atoms with Gasteiger partial charge in [-0.3, -0.25) is 14.6 Å². The van der Waals surface area contributed by atoms with Gasteiger partial charge in [0, 0.05) is 36.1 Å². The summed E-state index contributed by atoms with van der Waals surface area (Å²) in [6.07, 6.45) is 3.25. The lowest BCUT2D eigenvalue weighted by atomic mass is 9.93. The zero-order chi connectivity index (χ0) is 16.4. The maximum absolute atomic E-state index is 12.8. The minimum Gasteiger partial charge on any atom is -0.481 e. The number of carbonyl (C=O) groups excluding carboxylic acids is 1. The van der Waals surface area contributed by atoms with Crippen LogP contribution in [0.3, 0.4) is 0 Å². The highest BCUT2D eigenvalue weighted by molar-refractivity contribution is 6.32. The van der Waals surface area contributed by atoms with Gasteiger partial charge in [0.15, 0.2) is 0 Å². The molecule has 0 saturated carbocycles. The molecule has 0 atom stereocenters. The number of amides is 1. The topological polar surface area (TPSA) is 70.5 Å². The van der Waals surface area contributed by atoms with E-state index in [9.17, 15) is 9.59 Å². The number of benzene rings is 1. The van der Waals surface area contributed by atoms with E-state index in [1.807, 2.05) is 12.1 Å². The number of carboxylic acids is 1. The molecule has 1 aromatic carbocycles. The highest BCUT2D eigenvalue weighted by Crippen LogP contribution is 2.26. The number of halogens is 1. The molecular formula is C17H17ClN2O3. The van der Waals surface area contributed by atoms with E-state index < -0.39 is 5.97 Å². The van der Waals surface area contributed by atoms with Gasteiger partial charge in [-0.05, 0) is 37.0 Å². The molecule has 0 radical (unpaired) electrons. The predicted molar refractivity (Wildman–Crippen MR) is 87.6 cm³/mol. The number of pyridine rings is 1. The van der Waals surface area contributed by atoms with Crippen LogP contribution in [0, 0.1) is 5.92 Å². The average Bonchev–Trinajstić information content (AvgIpc) is 2.53. The van der Waals surface area contributed by atoms with Crippen molar-refractivity contribution in [2.24, 2.45) is 5.92 Å². The molecule has 1 N–H and O–H groups in total. The van der Waals surface area contributed by atoms with Gasteiger partial charge >= 0.3 is 5.97 Å². The van der Waals surface area contributed by atoms with E-state index in [2.05, 4.69) is 4.98 Å². The molecule has 2 heterocycles. The van der Waals surface area contributed by atoms with Crippen molar-refractivity contribution in [2.45, 2.75) is 19.3 Å². The zero-order valence-electron chi connectivity index (χ0n) is 12.5. The van der Waals surface area contributed by atoms with Crippen LogP contribution in [0.1, 0.15) is 29.6 Å². The van der Waals surface area contributed by atoms with Crippen molar-refractivity contribution >= 4 is 34.4 Å². The summed E-state index contributed by atoms with van der Waals surface area (Å²) in [6.45, 7) is 1.13. The Morgan fingerprint density at radius 1 is 1.30 bits per heavy atom. The van der Waals surface area contributed by atoms with E-state index in [-0.39, 0.29) is 18.2 Å². The summed E-state index contributed by atoms with van der Waals surface area (Å²) in [4.78, 5) is 29.7. The van der Waals surface area contributed by atoms with Gasteiger partial charge in [0.1, 0.15) is 0 Å². The summed E-state index contributed by atoms with van der Waals surface area (Å²) >= 11 is 6.12. The normalized spacial score (nSPS) is 15.8. The van der Waals surface area contributed by atoms with E-state index in [1.165, 1.54) is 0 Å². The third-order valence-electron chi connectivity index (χ3n) is 4.27. The first-order valence-corrected chi connectivity index (χ1v) is 7.98. The highest BCUT2D eigenvalue weighted by Gasteiger charge is 2.26. The Balaban J connectivity index is 1.81. The summed E-state index contributed by atoms with van der Waals surface area (Å²) in [5.74, 6) is -0.726. The van der Waals surface area contributed by atoms with Gasteiger partial charge in [-0.1, -0.05) is 17.7 Å². The fraction of sp³-hybridized carbons (Fsp3) is 0.353. The van der Waals surface area contributed by atoms with Crippen LogP contribution >= 0.6 is 11.6 Å². The van der Waals surface area contributed by atoms with Gasteiger partial charge in [0.25, 0.3) is 5.91 Å². The van der Waals surface area contributed by atoms with Crippen LogP contribution in [0.15, 0.2) is 30.5 Å². The largest absolute Gasteiger partial charge is 0.481 e. The van der Waals surface area contributed by atoms with Crippen LogP contribution in [0.5, 0.6) is 0 Å². The summed E-state index contributed by atoms with van der Waals surface area (Å²) in [5, 5.41) is 10.2. The number of fused-ring (bicyclic) bond motifs is 1. The molecule has 1 saturated heterocycles. The quantitative estimate of drug-likeness (QED) is 0.936. The van der Waals surface area contributed by atoms with Gasteiger partial charge < -0.3 is 10.0 Å². The number of rotatable bonds is 3. The van der Waals surface area contributed by atoms with Crippen LogP contribution in [-0.4, -0.2) is 40.0 Å². The summed E-state index contributed by atoms with van der Waals surface area (Å²) in [6, 6.07) is 7.14. The number of aliphatic carboxylic acids is 1. The molecule has 120 valence electrons. The van der Waals surface area contributed by atoms with Crippen LogP contribution in [0.4, 0.5) is 0 Å². The molecule has 6 heteroatoms. The molecule has 0 unspecified atom stereocenters. The minimum absolute atomic E-state index is 0.0926. The fourth-order valence-corrected chi connectivity index (χ4v) is 3.30. The Kier molecular flexibility index (Phi) is 4.48. The molecule has 23 heavy (non-hydrogen) atoms. The Bertz CT molecular complexity index is 755. The van der Waals surface area contributed by atoms with Crippen molar-refractivity contribution in [3.8, 4) is 0 Å². The fourth-order valence-electron chi connectivity index (χ4n) is 3.08. The lowest BCUT2D eigenvalue weighted by Gasteiger charge is -2.31. The second kappa shape index (κ2) is 6.54. The van der Waals surface area contributed by atoms with Crippen molar-refractivity contribution in [3.05, 3.63) is 41.0 Å². The van der Waals surface area contributed by atoms with Gasteiger partial charge in [0.05, 0.1) is 11.1 Å². The summed E-state index contributed by atoms with van der Waals surface area (Å²) < 4.78 is 0. The molecule has 0 bridgehead atoms. The number of piperidine rings is 1. The number of likely N-dealkylation sites (tertiary alicyclic amines) is 1. The van der Waals surface area contributed by atoms with Gasteiger partial charge in [-0.15, -0.1) is 0 Å².